The highest BCUT2D eigenvalue weighted by Gasteiger charge is 2.17. The van der Waals surface area contributed by atoms with Crippen molar-refractivity contribution in [2.45, 2.75) is 6.92 Å². The molecule has 0 spiro atoms. The summed E-state index contributed by atoms with van der Waals surface area (Å²) in [7, 11) is 0. The Balaban J connectivity index is 2.40. The van der Waals surface area contributed by atoms with Crippen LogP contribution in [0.4, 0.5) is 33.5 Å². The number of pyridine rings is 1. The van der Waals surface area contributed by atoms with Crippen molar-refractivity contribution in [2.75, 3.05) is 28.2 Å². The van der Waals surface area contributed by atoms with Crippen molar-refractivity contribution in [3.05, 3.63) is 35.4 Å². The molecule has 7 nitrogen and oxygen atoms in total. The van der Waals surface area contributed by atoms with Crippen molar-refractivity contribution in [1.29, 1.82) is 0 Å². The predicted octanol–water partition coefficient (Wildman–Crippen LogP) is 3.15. The number of hydrogen-bond donors (Lipinski definition) is 4. The second-order valence-electron chi connectivity index (χ2n) is 4.49. The highest BCUT2D eigenvalue weighted by molar-refractivity contribution is 6.30. The fourth-order valence-electron chi connectivity index (χ4n) is 1.89. The molecule has 0 radical (unpaired) electrons. The number of nitrogen functional groups attached to an aromatic ring is 2. The van der Waals surface area contributed by atoms with Crippen LogP contribution in [-0.4, -0.2) is 22.7 Å². The van der Waals surface area contributed by atoms with Crippen LogP contribution in [0.25, 0.3) is 0 Å². The third kappa shape index (κ3) is 3.32. The third-order valence-corrected chi connectivity index (χ3v) is 3.27. The number of amides is 1. The molecule has 0 atom stereocenters. The normalized spacial score (nSPS) is 10.3. The van der Waals surface area contributed by atoms with Gasteiger partial charge in [0.2, 0.25) is 0 Å². The molecule has 0 bridgehead atoms. The van der Waals surface area contributed by atoms with Crippen molar-refractivity contribution >= 4 is 46.4 Å². The van der Waals surface area contributed by atoms with Gasteiger partial charge in [0.1, 0.15) is 5.82 Å². The number of carbonyl (C=O) groups is 1. The van der Waals surface area contributed by atoms with Crippen LogP contribution in [0.2, 0.25) is 5.02 Å². The Morgan fingerprint density at radius 1 is 1.36 bits per heavy atom. The van der Waals surface area contributed by atoms with Crippen LogP contribution in [0, 0.1) is 0 Å². The molecule has 2 aromatic rings. The Bertz CT molecular complexity index is 690. The quantitative estimate of drug-likeness (QED) is 0.687. The summed E-state index contributed by atoms with van der Waals surface area (Å²) in [4.78, 5) is 16.3. The van der Waals surface area contributed by atoms with Crippen LogP contribution in [0.3, 0.4) is 0 Å². The molecule has 2 rings (SSSR count). The molecular formula is C14H16ClN5O2. The molecule has 1 heterocycles. The molecule has 0 fully saturated rings. The zero-order chi connectivity index (χ0) is 16.3. The second-order valence-corrected chi connectivity index (χ2v) is 4.92. The van der Waals surface area contributed by atoms with E-state index in [-0.39, 0.29) is 23.9 Å². The Morgan fingerprint density at radius 3 is 2.55 bits per heavy atom. The monoisotopic (exact) mass is 321 g/mol. The van der Waals surface area contributed by atoms with E-state index in [0.29, 0.717) is 10.7 Å². The molecule has 22 heavy (non-hydrogen) atoms. The lowest BCUT2D eigenvalue weighted by Gasteiger charge is -2.19. The van der Waals surface area contributed by atoms with Crippen molar-refractivity contribution in [3.8, 4) is 0 Å². The van der Waals surface area contributed by atoms with Crippen molar-refractivity contribution in [3.63, 3.8) is 0 Å². The van der Waals surface area contributed by atoms with Crippen LogP contribution in [0.1, 0.15) is 6.92 Å². The van der Waals surface area contributed by atoms with E-state index in [0.717, 1.165) is 10.6 Å². The van der Waals surface area contributed by atoms with E-state index in [1.165, 1.54) is 6.07 Å². The van der Waals surface area contributed by atoms with Gasteiger partial charge in [0.25, 0.3) is 0 Å². The number of benzene rings is 1. The van der Waals surface area contributed by atoms with E-state index in [1.807, 2.05) is 0 Å². The van der Waals surface area contributed by atoms with Gasteiger partial charge in [0.05, 0.1) is 11.4 Å². The molecule has 0 unspecified atom stereocenters. The summed E-state index contributed by atoms with van der Waals surface area (Å²) < 4.78 is 0. The van der Waals surface area contributed by atoms with Crippen molar-refractivity contribution in [2.24, 2.45) is 0 Å². The van der Waals surface area contributed by atoms with Gasteiger partial charge in [-0.2, -0.15) is 0 Å². The number of halogens is 1. The average Bonchev–Trinajstić information content (AvgIpc) is 2.47. The fourth-order valence-corrected chi connectivity index (χ4v) is 2.01. The number of nitrogens with one attached hydrogen (secondary N) is 1. The summed E-state index contributed by atoms with van der Waals surface area (Å²) in [6.45, 7) is 1.95. The number of anilines is 5. The van der Waals surface area contributed by atoms with E-state index in [2.05, 4.69) is 10.3 Å². The zero-order valence-corrected chi connectivity index (χ0v) is 12.6. The molecule has 0 aliphatic carbocycles. The number of aromatic nitrogens is 1. The first-order valence-electron chi connectivity index (χ1n) is 6.51. The summed E-state index contributed by atoms with van der Waals surface area (Å²) in [5, 5.41) is 12.9. The van der Waals surface area contributed by atoms with Crippen LogP contribution < -0.4 is 21.7 Å². The van der Waals surface area contributed by atoms with Gasteiger partial charge in [-0.3, -0.25) is 4.90 Å². The standard InChI is InChI=1S/C14H16ClN5O2/c1-2-20(14(21)22)11-7-10(12(16)13(17)19-11)18-9-5-3-8(15)4-6-9/h3-7H,2,16H2,1H3,(H,21,22)(H3,17,18,19). The molecule has 6 N–H and O–H groups in total. The van der Waals surface area contributed by atoms with Crippen LogP contribution in [-0.2, 0) is 0 Å². The summed E-state index contributed by atoms with van der Waals surface area (Å²) >= 11 is 5.84. The van der Waals surface area contributed by atoms with Gasteiger partial charge in [-0.05, 0) is 31.2 Å². The van der Waals surface area contributed by atoms with Crippen molar-refractivity contribution < 1.29 is 9.90 Å². The largest absolute Gasteiger partial charge is 0.465 e. The molecule has 1 amide bonds. The molecular weight excluding hydrogens is 306 g/mol. The van der Waals surface area contributed by atoms with Gasteiger partial charge >= 0.3 is 6.09 Å². The number of nitrogens with two attached hydrogens (primary N) is 2. The van der Waals surface area contributed by atoms with Crippen LogP contribution >= 0.6 is 11.6 Å². The minimum absolute atomic E-state index is 0.0636. The predicted molar refractivity (Wildman–Crippen MR) is 88.8 cm³/mol. The summed E-state index contributed by atoms with van der Waals surface area (Å²) in [6, 6.07) is 8.53. The molecule has 0 aliphatic heterocycles. The first-order valence-corrected chi connectivity index (χ1v) is 6.89. The van der Waals surface area contributed by atoms with Crippen LogP contribution in [0.5, 0.6) is 0 Å². The molecule has 116 valence electrons. The SMILES string of the molecule is CCN(C(=O)O)c1cc(Nc2ccc(Cl)cc2)c(N)c(N)n1. The number of nitrogens with zero attached hydrogens (tertiary/aromatic N) is 2. The van der Waals surface area contributed by atoms with E-state index < -0.39 is 6.09 Å². The first-order chi connectivity index (χ1) is 10.4. The Labute approximate surface area is 132 Å². The lowest BCUT2D eigenvalue weighted by atomic mass is 10.2. The maximum Gasteiger partial charge on any atom is 0.413 e. The topological polar surface area (TPSA) is 118 Å². The second kappa shape index (κ2) is 6.40. The van der Waals surface area contributed by atoms with E-state index >= 15 is 0 Å². The molecule has 0 saturated heterocycles. The minimum atomic E-state index is -1.11. The third-order valence-electron chi connectivity index (χ3n) is 3.02. The smallest absolute Gasteiger partial charge is 0.413 e. The maximum atomic E-state index is 11.2. The fraction of sp³-hybridized carbons (Fsp3) is 0.143. The molecule has 1 aromatic carbocycles. The van der Waals surface area contributed by atoms with E-state index in [1.54, 1.807) is 31.2 Å². The maximum absolute atomic E-state index is 11.2. The molecule has 0 aliphatic rings. The van der Waals surface area contributed by atoms with E-state index in [9.17, 15) is 9.90 Å². The Kier molecular flexibility index (Phi) is 4.57. The van der Waals surface area contributed by atoms with Gasteiger partial charge in [0, 0.05) is 23.3 Å². The molecule has 0 saturated carbocycles. The Morgan fingerprint density at radius 2 is 2.00 bits per heavy atom. The van der Waals surface area contributed by atoms with Gasteiger partial charge in [-0.15, -0.1) is 0 Å². The van der Waals surface area contributed by atoms with Crippen LogP contribution in [0.15, 0.2) is 30.3 Å². The van der Waals surface area contributed by atoms with E-state index in [4.69, 9.17) is 23.1 Å². The summed E-state index contributed by atoms with van der Waals surface area (Å²) in [5.74, 6) is 0.270. The van der Waals surface area contributed by atoms with Gasteiger partial charge in [0.15, 0.2) is 5.82 Å². The summed E-state index contributed by atoms with van der Waals surface area (Å²) in [5.41, 5.74) is 13.1. The average molecular weight is 322 g/mol. The Hall–Kier alpha value is -2.67. The highest BCUT2D eigenvalue weighted by Crippen LogP contribution is 2.31. The lowest BCUT2D eigenvalue weighted by Crippen LogP contribution is -2.30. The number of hydrogen-bond acceptors (Lipinski definition) is 5. The van der Waals surface area contributed by atoms with Crippen molar-refractivity contribution in [1.82, 2.24) is 4.98 Å². The lowest BCUT2D eigenvalue weighted by molar-refractivity contribution is 0.202. The molecule has 1 aromatic heterocycles. The first kappa shape index (κ1) is 15.7. The zero-order valence-electron chi connectivity index (χ0n) is 11.9. The van der Waals surface area contributed by atoms with Gasteiger partial charge in [-0.25, -0.2) is 9.78 Å². The number of rotatable bonds is 4. The minimum Gasteiger partial charge on any atom is -0.465 e. The highest BCUT2D eigenvalue weighted by atomic mass is 35.5. The summed E-state index contributed by atoms with van der Waals surface area (Å²) in [6.07, 6.45) is -1.11. The van der Waals surface area contributed by atoms with Gasteiger partial charge in [-0.1, -0.05) is 11.6 Å². The number of carboxylic acid groups (broad SMARTS) is 1. The molecule has 8 heteroatoms. The van der Waals surface area contributed by atoms with Gasteiger partial charge < -0.3 is 21.9 Å².